The summed E-state index contributed by atoms with van der Waals surface area (Å²) in [6.07, 6.45) is 3.32. The van der Waals surface area contributed by atoms with E-state index < -0.39 is 6.10 Å². The van der Waals surface area contributed by atoms with Crippen molar-refractivity contribution in [3.8, 4) is 5.75 Å². The number of aromatic amines is 1. The summed E-state index contributed by atoms with van der Waals surface area (Å²) in [5.41, 5.74) is 3.11. The highest BCUT2D eigenvalue weighted by Gasteiger charge is 2.13. The van der Waals surface area contributed by atoms with Crippen molar-refractivity contribution in [1.29, 1.82) is 0 Å². The summed E-state index contributed by atoms with van der Waals surface area (Å²) in [5.74, 6) is 0.901. The lowest BCUT2D eigenvalue weighted by Crippen LogP contribution is -2.32. The van der Waals surface area contributed by atoms with Gasteiger partial charge < -0.3 is 20.1 Å². The first-order valence-electron chi connectivity index (χ1n) is 9.47. The number of hydrogen-bond donors (Lipinski definition) is 3. The van der Waals surface area contributed by atoms with E-state index in [1.54, 1.807) is 6.07 Å². The molecular formula is C22H27ClN2O2. The molecule has 0 aliphatic carbocycles. The van der Waals surface area contributed by atoms with Gasteiger partial charge in [0, 0.05) is 29.2 Å². The zero-order valence-corrected chi connectivity index (χ0v) is 16.6. The van der Waals surface area contributed by atoms with E-state index in [-0.39, 0.29) is 6.04 Å². The van der Waals surface area contributed by atoms with Crippen molar-refractivity contribution in [2.45, 2.75) is 38.8 Å². The Hall–Kier alpha value is -2.01. The van der Waals surface area contributed by atoms with Crippen LogP contribution in [0.3, 0.4) is 0 Å². The smallest absolute Gasteiger partial charge is 0.143 e. The molecule has 0 aliphatic rings. The molecule has 0 aliphatic heterocycles. The van der Waals surface area contributed by atoms with Gasteiger partial charge in [-0.05, 0) is 49.1 Å². The second kappa shape index (κ2) is 9.27. The molecule has 0 saturated heterocycles. The lowest BCUT2D eigenvalue weighted by atomic mass is 10.0. The standard InChI is InChI=1S/C22H27ClN2O2/c1-3-10-27-21-9-5-8-19-17(13-25-22(19)21)11-15(2)24-14-20(26)16-6-4-7-18(23)12-16/h4-9,12-13,15,20,24-26H,3,10-11,14H2,1-2H3/t15?,20-/m0/s1. The number of fused-ring (bicyclic) bond motifs is 1. The Kier molecular flexibility index (Phi) is 6.78. The van der Waals surface area contributed by atoms with Gasteiger partial charge in [-0.2, -0.15) is 0 Å². The molecule has 0 radical (unpaired) electrons. The van der Waals surface area contributed by atoms with Crippen molar-refractivity contribution in [2.75, 3.05) is 13.2 Å². The van der Waals surface area contributed by atoms with Crippen LogP contribution in [0.4, 0.5) is 0 Å². The molecule has 0 amide bonds. The van der Waals surface area contributed by atoms with Crippen LogP contribution in [0.5, 0.6) is 5.75 Å². The summed E-state index contributed by atoms with van der Waals surface area (Å²) >= 11 is 6.00. The van der Waals surface area contributed by atoms with Gasteiger partial charge in [0.1, 0.15) is 5.75 Å². The third-order valence-electron chi connectivity index (χ3n) is 4.64. The molecule has 5 heteroatoms. The van der Waals surface area contributed by atoms with Crippen molar-refractivity contribution >= 4 is 22.5 Å². The Morgan fingerprint density at radius 3 is 2.81 bits per heavy atom. The van der Waals surface area contributed by atoms with Crippen LogP contribution in [0, 0.1) is 0 Å². The molecule has 2 aromatic carbocycles. The van der Waals surface area contributed by atoms with Gasteiger partial charge in [0.15, 0.2) is 0 Å². The van der Waals surface area contributed by atoms with Crippen LogP contribution in [-0.2, 0) is 6.42 Å². The maximum absolute atomic E-state index is 10.4. The van der Waals surface area contributed by atoms with Gasteiger partial charge in [-0.15, -0.1) is 0 Å². The Balaban J connectivity index is 1.61. The third-order valence-corrected chi connectivity index (χ3v) is 4.88. The number of halogens is 1. The highest BCUT2D eigenvalue weighted by atomic mass is 35.5. The predicted molar refractivity (Wildman–Crippen MR) is 112 cm³/mol. The van der Waals surface area contributed by atoms with Crippen molar-refractivity contribution in [2.24, 2.45) is 0 Å². The quantitative estimate of drug-likeness (QED) is 0.492. The summed E-state index contributed by atoms with van der Waals surface area (Å²) < 4.78 is 5.83. The van der Waals surface area contributed by atoms with E-state index in [2.05, 4.69) is 36.4 Å². The molecule has 3 rings (SSSR count). The van der Waals surface area contributed by atoms with Crippen LogP contribution >= 0.6 is 11.6 Å². The molecule has 0 spiro atoms. The van der Waals surface area contributed by atoms with Crippen molar-refractivity contribution in [3.05, 3.63) is 64.8 Å². The Labute approximate surface area is 165 Å². The number of benzene rings is 2. The molecule has 144 valence electrons. The molecule has 27 heavy (non-hydrogen) atoms. The van der Waals surface area contributed by atoms with E-state index in [0.717, 1.165) is 29.7 Å². The second-order valence-electron chi connectivity index (χ2n) is 6.93. The predicted octanol–water partition coefficient (Wildman–Crippen LogP) is 4.86. The van der Waals surface area contributed by atoms with Crippen LogP contribution in [0.15, 0.2) is 48.7 Å². The molecule has 2 atom stereocenters. The van der Waals surface area contributed by atoms with Crippen molar-refractivity contribution in [1.82, 2.24) is 10.3 Å². The van der Waals surface area contributed by atoms with Gasteiger partial charge in [0.25, 0.3) is 0 Å². The van der Waals surface area contributed by atoms with E-state index in [0.29, 0.717) is 18.2 Å². The SMILES string of the molecule is CCCOc1cccc2c(CC(C)NC[C@H](O)c3cccc(Cl)c3)c[nH]c12. The average Bonchev–Trinajstić information content (AvgIpc) is 3.08. The fraction of sp³-hybridized carbons (Fsp3) is 0.364. The fourth-order valence-corrected chi connectivity index (χ4v) is 3.43. The molecule has 0 bridgehead atoms. The summed E-state index contributed by atoms with van der Waals surface area (Å²) in [5, 5.41) is 15.6. The fourth-order valence-electron chi connectivity index (χ4n) is 3.23. The average molecular weight is 387 g/mol. The normalized spacial score (nSPS) is 13.6. The van der Waals surface area contributed by atoms with Crippen molar-refractivity contribution in [3.63, 3.8) is 0 Å². The van der Waals surface area contributed by atoms with Gasteiger partial charge in [-0.3, -0.25) is 0 Å². The van der Waals surface area contributed by atoms with E-state index in [9.17, 15) is 5.11 Å². The molecule has 3 aromatic rings. The van der Waals surface area contributed by atoms with Crippen LogP contribution in [0.25, 0.3) is 10.9 Å². The highest BCUT2D eigenvalue weighted by Crippen LogP contribution is 2.28. The third kappa shape index (κ3) is 5.04. The maximum Gasteiger partial charge on any atom is 0.143 e. The maximum atomic E-state index is 10.4. The molecule has 0 fully saturated rings. The van der Waals surface area contributed by atoms with E-state index >= 15 is 0 Å². The second-order valence-corrected chi connectivity index (χ2v) is 7.36. The molecule has 0 saturated carbocycles. The van der Waals surface area contributed by atoms with Gasteiger partial charge in [-0.25, -0.2) is 0 Å². The first-order chi connectivity index (χ1) is 13.1. The van der Waals surface area contributed by atoms with E-state index in [4.69, 9.17) is 16.3 Å². The van der Waals surface area contributed by atoms with Crippen LogP contribution in [0.1, 0.15) is 37.5 Å². The van der Waals surface area contributed by atoms with E-state index in [1.165, 1.54) is 10.9 Å². The molecule has 4 nitrogen and oxygen atoms in total. The first-order valence-corrected chi connectivity index (χ1v) is 9.85. The Morgan fingerprint density at radius 2 is 2.04 bits per heavy atom. The van der Waals surface area contributed by atoms with Gasteiger partial charge in [0.05, 0.1) is 18.2 Å². The van der Waals surface area contributed by atoms with Crippen LogP contribution in [0.2, 0.25) is 5.02 Å². The minimum atomic E-state index is -0.580. The van der Waals surface area contributed by atoms with E-state index in [1.807, 2.05) is 30.3 Å². The number of nitrogens with one attached hydrogen (secondary N) is 2. The van der Waals surface area contributed by atoms with Gasteiger partial charge in [0.2, 0.25) is 0 Å². The number of aliphatic hydroxyl groups is 1. The molecule has 1 aromatic heterocycles. The number of hydrogen-bond acceptors (Lipinski definition) is 3. The lowest BCUT2D eigenvalue weighted by Gasteiger charge is -2.17. The lowest BCUT2D eigenvalue weighted by molar-refractivity contribution is 0.170. The topological polar surface area (TPSA) is 57.3 Å². The number of para-hydroxylation sites is 1. The zero-order valence-electron chi connectivity index (χ0n) is 15.8. The zero-order chi connectivity index (χ0) is 19.2. The highest BCUT2D eigenvalue weighted by molar-refractivity contribution is 6.30. The number of aliphatic hydroxyl groups excluding tert-OH is 1. The Morgan fingerprint density at radius 1 is 1.22 bits per heavy atom. The van der Waals surface area contributed by atoms with Crippen LogP contribution in [-0.4, -0.2) is 29.3 Å². The molecule has 1 unspecified atom stereocenters. The largest absolute Gasteiger partial charge is 0.491 e. The monoisotopic (exact) mass is 386 g/mol. The summed E-state index contributed by atoms with van der Waals surface area (Å²) in [4.78, 5) is 3.35. The number of aromatic nitrogens is 1. The minimum absolute atomic E-state index is 0.220. The summed E-state index contributed by atoms with van der Waals surface area (Å²) in [6, 6.07) is 13.7. The summed E-state index contributed by atoms with van der Waals surface area (Å²) in [6.45, 7) is 5.42. The van der Waals surface area contributed by atoms with Crippen molar-refractivity contribution < 1.29 is 9.84 Å². The summed E-state index contributed by atoms with van der Waals surface area (Å²) in [7, 11) is 0. The molecule has 3 N–H and O–H groups in total. The number of rotatable bonds is 9. The molecular weight excluding hydrogens is 360 g/mol. The Bertz CT molecular complexity index is 878. The number of ether oxygens (including phenoxy) is 1. The van der Waals surface area contributed by atoms with Crippen LogP contribution < -0.4 is 10.1 Å². The molecule has 1 heterocycles. The van der Waals surface area contributed by atoms with Gasteiger partial charge >= 0.3 is 0 Å². The number of H-pyrrole nitrogens is 1. The minimum Gasteiger partial charge on any atom is -0.491 e. The first kappa shape index (κ1) is 19.7. The van der Waals surface area contributed by atoms with Gasteiger partial charge in [-0.1, -0.05) is 42.8 Å².